The van der Waals surface area contributed by atoms with Crippen LogP contribution in [0.15, 0.2) is 77.0 Å². The number of rotatable bonds is 6. The molecule has 1 aliphatic heterocycles. The predicted octanol–water partition coefficient (Wildman–Crippen LogP) is 6.76. The van der Waals surface area contributed by atoms with E-state index in [1.807, 2.05) is 94.4 Å². The Kier molecular flexibility index (Phi) is 6.53. The number of urea groups is 1. The van der Waals surface area contributed by atoms with Crippen molar-refractivity contribution >= 4 is 17.3 Å². The van der Waals surface area contributed by atoms with Crippen LogP contribution in [-0.4, -0.2) is 22.8 Å². The number of allylic oxidation sites excluding steroid dienone is 1. The van der Waals surface area contributed by atoms with Gasteiger partial charge >= 0.3 is 6.03 Å². The minimum atomic E-state index is -0.475. The molecule has 2 amide bonds. The molecule has 1 aromatic heterocycles. The van der Waals surface area contributed by atoms with Gasteiger partial charge in [-0.05, 0) is 81.6 Å². The topological polar surface area (TPSA) is 80.5 Å². The number of hydrogen-bond donors (Lipinski definition) is 1. The van der Waals surface area contributed by atoms with Crippen molar-refractivity contribution < 1.29 is 14.1 Å². The van der Waals surface area contributed by atoms with Crippen LogP contribution in [0.3, 0.4) is 0 Å². The molecule has 0 bridgehead atoms. The largest absolute Gasteiger partial charge is 0.494 e. The molecule has 3 aromatic carbocycles. The van der Waals surface area contributed by atoms with Crippen LogP contribution in [0.25, 0.3) is 17.0 Å². The Balaban J connectivity index is 1.64. The van der Waals surface area contributed by atoms with E-state index in [0.29, 0.717) is 18.3 Å². The van der Waals surface area contributed by atoms with Crippen molar-refractivity contribution in [2.24, 2.45) is 0 Å². The predicted molar refractivity (Wildman–Crippen MR) is 144 cm³/mol. The number of carbonyl (C=O) groups excluding carboxylic acids is 1. The lowest BCUT2D eigenvalue weighted by Crippen LogP contribution is -2.46. The second-order valence-electron chi connectivity index (χ2n) is 9.28. The van der Waals surface area contributed by atoms with E-state index in [0.717, 1.165) is 50.5 Å². The van der Waals surface area contributed by atoms with Crippen molar-refractivity contribution in [1.29, 1.82) is 0 Å². The first-order valence-electron chi connectivity index (χ1n) is 12.4. The maximum absolute atomic E-state index is 13.5. The van der Waals surface area contributed by atoms with Gasteiger partial charge in [0.25, 0.3) is 5.89 Å². The van der Waals surface area contributed by atoms with Crippen molar-refractivity contribution in [3.63, 3.8) is 0 Å². The quantitative estimate of drug-likeness (QED) is 0.320. The average molecular weight is 495 g/mol. The van der Waals surface area contributed by atoms with E-state index in [9.17, 15) is 4.79 Å². The van der Waals surface area contributed by atoms with Gasteiger partial charge in [-0.2, -0.15) is 4.98 Å². The fraction of sp³-hybridized carbons (Fsp3) is 0.233. The lowest BCUT2D eigenvalue weighted by atomic mass is 9.94. The first-order valence-corrected chi connectivity index (χ1v) is 12.4. The van der Waals surface area contributed by atoms with Gasteiger partial charge in [0.05, 0.1) is 23.9 Å². The Hall–Kier alpha value is -4.39. The Morgan fingerprint density at radius 2 is 1.76 bits per heavy atom. The molecule has 1 unspecified atom stereocenters. The molecular formula is C30H30N4O3. The summed E-state index contributed by atoms with van der Waals surface area (Å²) in [6.45, 7) is 10.6. The highest BCUT2D eigenvalue weighted by Crippen LogP contribution is 2.39. The van der Waals surface area contributed by atoms with E-state index in [-0.39, 0.29) is 6.03 Å². The van der Waals surface area contributed by atoms with Crippen molar-refractivity contribution in [3.05, 3.63) is 101 Å². The molecule has 7 heteroatoms. The molecule has 1 N–H and O–H groups in total. The monoisotopic (exact) mass is 494 g/mol. The van der Waals surface area contributed by atoms with Gasteiger partial charge in [0.15, 0.2) is 0 Å². The third-order valence-corrected chi connectivity index (χ3v) is 6.69. The van der Waals surface area contributed by atoms with Crippen molar-refractivity contribution in [3.8, 4) is 17.1 Å². The van der Waals surface area contributed by atoms with Gasteiger partial charge in [-0.25, -0.2) is 4.79 Å². The molecule has 37 heavy (non-hydrogen) atoms. The van der Waals surface area contributed by atoms with E-state index < -0.39 is 6.04 Å². The maximum Gasteiger partial charge on any atom is 0.326 e. The van der Waals surface area contributed by atoms with E-state index in [4.69, 9.17) is 14.2 Å². The summed E-state index contributed by atoms with van der Waals surface area (Å²) in [5.41, 5.74) is 7.39. The molecule has 188 valence electrons. The van der Waals surface area contributed by atoms with E-state index >= 15 is 0 Å². The Labute approximate surface area is 216 Å². The molecule has 0 saturated carbocycles. The smallest absolute Gasteiger partial charge is 0.326 e. The fourth-order valence-corrected chi connectivity index (χ4v) is 4.60. The molecular weight excluding hydrogens is 464 g/mol. The summed E-state index contributed by atoms with van der Waals surface area (Å²) in [4.78, 5) is 19.9. The highest BCUT2D eigenvalue weighted by molar-refractivity contribution is 6.01. The lowest BCUT2D eigenvalue weighted by Gasteiger charge is -2.35. The molecule has 0 fully saturated rings. The van der Waals surface area contributed by atoms with Crippen molar-refractivity contribution in [1.82, 2.24) is 15.5 Å². The van der Waals surface area contributed by atoms with Crippen LogP contribution in [0, 0.1) is 20.8 Å². The molecule has 7 nitrogen and oxygen atoms in total. The summed E-state index contributed by atoms with van der Waals surface area (Å²) in [6, 6.07) is 21.0. The molecule has 0 aliphatic carbocycles. The van der Waals surface area contributed by atoms with Gasteiger partial charge in [-0.1, -0.05) is 47.1 Å². The van der Waals surface area contributed by atoms with E-state index in [1.54, 1.807) is 4.90 Å². The van der Waals surface area contributed by atoms with Gasteiger partial charge in [0.2, 0.25) is 5.82 Å². The number of aryl methyl sites for hydroxylation is 3. The van der Waals surface area contributed by atoms with Gasteiger partial charge in [-0.3, -0.25) is 4.90 Å². The summed E-state index contributed by atoms with van der Waals surface area (Å²) >= 11 is 0. The summed E-state index contributed by atoms with van der Waals surface area (Å²) < 4.78 is 11.4. The number of amides is 2. The number of nitrogens with one attached hydrogen (secondary N) is 1. The summed E-state index contributed by atoms with van der Waals surface area (Å²) in [7, 11) is 0. The van der Waals surface area contributed by atoms with Crippen LogP contribution >= 0.6 is 0 Å². The zero-order valence-electron chi connectivity index (χ0n) is 21.7. The molecule has 1 atom stereocenters. The molecule has 0 spiro atoms. The second kappa shape index (κ2) is 9.93. The third kappa shape index (κ3) is 4.72. The summed E-state index contributed by atoms with van der Waals surface area (Å²) in [6.07, 6.45) is 0. The summed E-state index contributed by atoms with van der Waals surface area (Å²) in [5, 5.41) is 7.44. The fourth-order valence-electron chi connectivity index (χ4n) is 4.60. The van der Waals surface area contributed by atoms with Gasteiger partial charge < -0.3 is 14.6 Å². The third-order valence-electron chi connectivity index (χ3n) is 6.69. The van der Waals surface area contributed by atoms with Crippen LogP contribution in [0.2, 0.25) is 0 Å². The van der Waals surface area contributed by atoms with Gasteiger partial charge in [-0.15, -0.1) is 0 Å². The lowest BCUT2D eigenvalue weighted by molar-refractivity contribution is 0.244. The Morgan fingerprint density at radius 1 is 0.973 bits per heavy atom. The number of aromatic nitrogens is 2. The normalized spacial score (nSPS) is 15.6. The zero-order valence-corrected chi connectivity index (χ0v) is 21.7. The van der Waals surface area contributed by atoms with Gasteiger partial charge in [0, 0.05) is 11.3 Å². The zero-order chi connectivity index (χ0) is 26.1. The van der Waals surface area contributed by atoms with Crippen molar-refractivity contribution in [2.45, 2.75) is 40.7 Å². The standard InChI is InChI=1S/C30H30N4O3/c1-6-36-25-14-11-22(12-15-25)27-26(29-32-28(33-37-29)23-9-7-8-18(2)16-23)21(5)34(30(35)31-27)24-13-10-19(3)20(4)17-24/h7-17,27H,6H2,1-5H3,(H,31,35). The molecule has 1 aliphatic rings. The maximum atomic E-state index is 13.5. The van der Waals surface area contributed by atoms with Crippen LogP contribution in [0.1, 0.15) is 48.0 Å². The first-order chi connectivity index (χ1) is 17.9. The minimum Gasteiger partial charge on any atom is -0.494 e. The van der Waals surface area contributed by atoms with Gasteiger partial charge in [0.1, 0.15) is 5.75 Å². The van der Waals surface area contributed by atoms with Crippen LogP contribution in [-0.2, 0) is 0 Å². The number of carbonyl (C=O) groups is 1. The number of nitrogens with zero attached hydrogens (tertiary/aromatic N) is 3. The van der Waals surface area contributed by atoms with Crippen LogP contribution < -0.4 is 15.0 Å². The number of anilines is 1. The molecule has 0 saturated heterocycles. The molecule has 5 rings (SSSR count). The molecule has 0 radical (unpaired) electrons. The SMILES string of the molecule is CCOc1ccc(C2NC(=O)N(c3ccc(C)c(C)c3)C(C)=C2c2nc(-c3cccc(C)c3)no2)cc1. The average Bonchev–Trinajstić information content (AvgIpc) is 3.36. The Bertz CT molecular complexity index is 1490. The number of hydrogen-bond acceptors (Lipinski definition) is 5. The highest BCUT2D eigenvalue weighted by Gasteiger charge is 2.36. The minimum absolute atomic E-state index is 0.221. The summed E-state index contributed by atoms with van der Waals surface area (Å²) in [5.74, 6) is 1.63. The van der Waals surface area contributed by atoms with E-state index in [2.05, 4.69) is 17.4 Å². The molecule has 2 heterocycles. The number of benzene rings is 3. The van der Waals surface area contributed by atoms with Crippen molar-refractivity contribution in [2.75, 3.05) is 11.5 Å². The Morgan fingerprint density at radius 3 is 2.46 bits per heavy atom. The highest BCUT2D eigenvalue weighted by atomic mass is 16.5. The van der Waals surface area contributed by atoms with Crippen LogP contribution in [0.5, 0.6) is 5.75 Å². The molecule has 4 aromatic rings. The van der Waals surface area contributed by atoms with Crippen LogP contribution in [0.4, 0.5) is 10.5 Å². The first kappa shape index (κ1) is 24.3. The second-order valence-corrected chi connectivity index (χ2v) is 9.28. The number of ether oxygens (including phenoxy) is 1. The van der Waals surface area contributed by atoms with E-state index in [1.165, 1.54) is 0 Å².